The van der Waals surface area contributed by atoms with Crippen molar-refractivity contribution in [1.29, 1.82) is 0 Å². The third-order valence-electron chi connectivity index (χ3n) is 2.18. The van der Waals surface area contributed by atoms with Crippen LogP contribution in [0.5, 0.6) is 0 Å². The summed E-state index contributed by atoms with van der Waals surface area (Å²) < 4.78 is 14.2. The second-order valence-electron chi connectivity index (χ2n) is 3.72. The van der Waals surface area contributed by atoms with Crippen LogP contribution in [0.25, 0.3) is 0 Å². The summed E-state index contributed by atoms with van der Waals surface area (Å²) in [6, 6.07) is 4.07. The molecule has 0 aliphatic heterocycles. The van der Waals surface area contributed by atoms with Crippen molar-refractivity contribution in [2.24, 2.45) is 5.73 Å². The molecule has 5 heteroatoms. The van der Waals surface area contributed by atoms with E-state index in [2.05, 4.69) is 15.9 Å². The van der Waals surface area contributed by atoms with Crippen LogP contribution in [0.4, 0.5) is 4.39 Å². The number of carbonyl (C=O) groups excluding carboxylic acids is 1. The summed E-state index contributed by atoms with van der Waals surface area (Å²) in [7, 11) is 1.60. The molecule has 1 amide bonds. The zero-order valence-electron chi connectivity index (χ0n) is 9.21. The van der Waals surface area contributed by atoms with Gasteiger partial charge in [-0.3, -0.25) is 4.79 Å². The molecule has 16 heavy (non-hydrogen) atoms. The number of nitrogens with zero attached hydrogens (tertiary/aromatic N) is 1. The Morgan fingerprint density at radius 3 is 2.81 bits per heavy atom. The van der Waals surface area contributed by atoms with Crippen molar-refractivity contribution in [3.8, 4) is 0 Å². The Balaban J connectivity index is 2.80. The summed E-state index contributed by atoms with van der Waals surface area (Å²) in [6.45, 7) is 1.82. The number of amides is 1. The zero-order chi connectivity index (χ0) is 12.3. The number of carbonyl (C=O) groups is 1. The monoisotopic (exact) mass is 288 g/mol. The van der Waals surface area contributed by atoms with E-state index in [0.29, 0.717) is 5.56 Å². The average Bonchev–Trinajstić information content (AvgIpc) is 2.22. The van der Waals surface area contributed by atoms with Gasteiger partial charge in [-0.1, -0.05) is 15.9 Å². The number of nitrogens with two attached hydrogens (primary N) is 1. The lowest BCUT2D eigenvalue weighted by Crippen LogP contribution is -2.39. The van der Waals surface area contributed by atoms with Crippen molar-refractivity contribution < 1.29 is 9.18 Å². The van der Waals surface area contributed by atoms with Crippen LogP contribution in [0.3, 0.4) is 0 Å². The lowest BCUT2D eigenvalue weighted by Gasteiger charge is -2.19. The number of benzene rings is 1. The number of halogens is 2. The third kappa shape index (κ3) is 3.28. The molecule has 0 heterocycles. The molecule has 3 nitrogen and oxygen atoms in total. The Hall–Kier alpha value is -0.940. The topological polar surface area (TPSA) is 46.3 Å². The summed E-state index contributed by atoms with van der Waals surface area (Å²) in [5.74, 6) is -0.535. The van der Waals surface area contributed by atoms with Crippen LogP contribution >= 0.6 is 15.9 Å². The molecule has 0 unspecified atom stereocenters. The highest BCUT2D eigenvalue weighted by Gasteiger charge is 2.15. The molecule has 1 atom stereocenters. The second-order valence-corrected chi connectivity index (χ2v) is 4.63. The molecule has 1 aromatic carbocycles. The first-order valence-electron chi connectivity index (χ1n) is 4.86. The lowest BCUT2D eigenvalue weighted by molar-refractivity contribution is -0.131. The Morgan fingerprint density at radius 2 is 2.25 bits per heavy atom. The van der Waals surface area contributed by atoms with Crippen LogP contribution in [-0.4, -0.2) is 23.9 Å². The number of likely N-dealkylation sites (N-methyl/N-ethyl adjacent to an activating group) is 1. The van der Waals surface area contributed by atoms with Gasteiger partial charge in [0.05, 0.1) is 6.04 Å². The van der Waals surface area contributed by atoms with E-state index in [1.165, 1.54) is 11.0 Å². The van der Waals surface area contributed by atoms with Gasteiger partial charge in [-0.2, -0.15) is 0 Å². The standard InChI is InChI=1S/C11H14BrFN2O/c1-7(14)11(16)15(2)6-8-5-9(12)3-4-10(8)13/h3-5,7H,6,14H2,1-2H3/t7-/m0/s1. The van der Waals surface area contributed by atoms with Gasteiger partial charge in [-0.05, 0) is 25.1 Å². The van der Waals surface area contributed by atoms with E-state index in [1.807, 2.05) is 0 Å². The molecule has 0 spiro atoms. The predicted molar refractivity (Wildman–Crippen MR) is 64.2 cm³/mol. The maximum Gasteiger partial charge on any atom is 0.239 e. The second kappa shape index (κ2) is 5.41. The molecular weight excluding hydrogens is 275 g/mol. The summed E-state index contributed by atoms with van der Waals surface area (Å²) in [4.78, 5) is 12.9. The first-order valence-corrected chi connectivity index (χ1v) is 5.65. The minimum atomic E-state index is -0.569. The fourth-order valence-corrected chi connectivity index (χ4v) is 1.75. The highest BCUT2D eigenvalue weighted by molar-refractivity contribution is 9.10. The van der Waals surface area contributed by atoms with Crippen LogP contribution in [-0.2, 0) is 11.3 Å². The maximum absolute atomic E-state index is 13.4. The van der Waals surface area contributed by atoms with Gasteiger partial charge in [0.25, 0.3) is 0 Å². The van der Waals surface area contributed by atoms with E-state index >= 15 is 0 Å². The molecule has 0 saturated heterocycles. The van der Waals surface area contributed by atoms with Gasteiger partial charge in [0.1, 0.15) is 5.82 Å². The molecule has 0 aromatic heterocycles. The van der Waals surface area contributed by atoms with Crippen molar-refractivity contribution in [1.82, 2.24) is 4.90 Å². The van der Waals surface area contributed by atoms with E-state index in [0.717, 1.165) is 4.47 Å². The van der Waals surface area contributed by atoms with Crippen LogP contribution in [0.1, 0.15) is 12.5 Å². The number of hydrogen-bond donors (Lipinski definition) is 1. The number of rotatable bonds is 3. The normalized spacial score (nSPS) is 12.3. The summed E-state index contributed by atoms with van der Waals surface area (Å²) in [5, 5.41) is 0. The van der Waals surface area contributed by atoms with E-state index < -0.39 is 6.04 Å². The van der Waals surface area contributed by atoms with E-state index in [1.54, 1.807) is 26.1 Å². The van der Waals surface area contributed by atoms with Gasteiger partial charge in [0.15, 0.2) is 0 Å². The molecule has 2 N–H and O–H groups in total. The average molecular weight is 289 g/mol. The van der Waals surface area contributed by atoms with Gasteiger partial charge in [-0.15, -0.1) is 0 Å². The third-order valence-corrected chi connectivity index (χ3v) is 2.67. The Bertz CT molecular complexity index is 396. The molecule has 0 radical (unpaired) electrons. The molecule has 0 aliphatic rings. The fourth-order valence-electron chi connectivity index (χ4n) is 1.35. The SMILES string of the molecule is C[C@H](N)C(=O)N(C)Cc1cc(Br)ccc1F. The minimum Gasteiger partial charge on any atom is -0.340 e. The summed E-state index contributed by atoms with van der Waals surface area (Å²) >= 11 is 3.26. The first-order chi connectivity index (χ1) is 7.41. The molecule has 0 fully saturated rings. The molecule has 88 valence electrons. The van der Waals surface area contributed by atoms with Crippen molar-refractivity contribution in [3.63, 3.8) is 0 Å². The summed E-state index contributed by atoms with van der Waals surface area (Å²) in [6.07, 6.45) is 0. The van der Waals surface area contributed by atoms with E-state index in [9.17, 15) is 9.18 Å². The van der Waals surface area contributed by atoms with Crippen molar-refractivity contribution in [3.05, 3.63) is 34.1 Å². The van der Waals surface area contributed by atoms with E-state index in [4.69, 9.17) is 5.73 Å². The Morgan fingerprint density at radius 1 is 1.62 bits per heavy atom. The van der Waals surface area contributed by atoms with Crippen LogP contribution in [0.15, 0.2) is 22.7 Å². The summed E-state index contributed by atoms with van der Waals surface area (Å²) in [5.41, 5.74) is 5.93. The largest absolute Gasteiger partial charge is 0.340 e. The molecule has 0 bridgehead atoms. The highest BCUT2D eigenvalue weighted by atomic mass is 79.9. The van der Waals surface area contributed by atoms with Gasteiger partial charge in [-0.25, -0.2) is 4.39 Å². The number of hydrogen-bond acceptors (Lipinski definition) is 2. The Labute approximate surface area is 103 Å². The molecule has 1 aromatic rings. The molecule has 0 aliphatic carbocycles. The van der Waals surface area contributed by atoms with Crippen LogP contribution in [0.2, 0.25) is 0 Å². The minimum absolute atomic E-state index is 0.209. The van der Waals surface area contributed by atoms with Crippen LogP contribution in [0, 0.1) is 5.82 Å². The molecule has 1 rings (SSSR count). The van der Waals surface area contributed by atoms with Gasteiger partial charge < -0.3 is 10.6 Å². The zero-order valence-corrected chi connectivity index (χ0v) is 10.8. The van der Waals surface area contributed by atoms with Crippen molar-refractivity contribution in [2.75, 3.05) is 7.05 Å². The Kier molecular flexibility index (Phi) is 4.44. The van der Waals surface area contributed by atoms with Crippen molar-refractivity contribution >= 4 is 21.8 Å². The van der Waals surface area contributed by atoms with Gasteiger partial charge in [0.2, 0.25) is 5.91 Å². The molecule has 0 saturated carbocycles. The maximum atomic E-state index is 13.4. The fraction of sp³-hybridized carbons (Fsp3) is 0.364. The predicted octanol–water partition coefficient (Wildman–Crippen LogP) is 1.89. The highest BCUT2D eigenvalue weighted by Crippen LogP contribution is 2.16. The van der Waals surface area contributed by atoms with E-state index in [-0.39, 0.29) is 18.3 Å². The first kappa shape index (κ1) is 13.1. The quantitative estimate of drug-likeness (QED) is 0.923. The molecular formula is C11H14BrFN2O. The van der Waals surface area contributed by atoms with Gasteiger partial charge in [0, 0.05) is 23.6 Å². The van der Waals surface area contributed by atoms with Crippen LogP contribution < -0.4 is 5.73 Å². The van der Waals surface area contributed by atoms with Gasteiger partial charge >= 0.3 is 0 Å². The lowest BCUT2D eigenvalue weighted by atomic mass is 10.2. The van der Waals surface area contributed by atoms with Crippen molar-refractivity contribution in [2.45, 2.75) is 19.5 Å². The smallest absolute Gasteiger partial charge is 0.239 e.